The van der Waals surface area contributed by atoms with E-state index in [2.05, 4.69) is 44.9 Å². The van der Waals surface area contributed by atoms with Crippen LogP contribution >= 0.6 is 11.8 Å². The summed E-state index contributed by atoms with van der Waals surface area (Å²) >= 11 is 1.40. The Morgan fingerprint density at radius 1 is 0.747 bits per heavy atom. The van der Waals surface area contributed by atoms with Gasteiger partial charge in [-0.3, -0.25) is 4.90 Å². The molecule has 26 heteroatoms. The second-order valence-electron chi connectivity index (χ2n) is 18.9. The second kappa shape index (κ2) is 25.3. The first-order chi connectivity index (χ1) is 37.2. The van der Waals surface area contributed by atoms with Gasteiger partial charge in [-0.25, -0.2) is 12.8 Å². The third-order valence-electron chi connectivity index (χ3n) is 12.7. The highest BCUT2D eigenvalue weighted by Crippen LogP contribution is 2.35. The first-order valence-electron chi connectivity index (χ1n) is 24.5. The summed E-state index contributed by atoms with van der Waals surface area (Å²) in [6.45, 7) is -0.632. The first kappa shape index (κ1) is 60.1. The van der Waals surface area contributed by atoms with E-state index < -0.39 is 59.5 Å². The molecule has 79 heavy (non-hydrogen) atoms. The lowest BCUT2D eigenvalue weighted by Crippen LogP contribution is -2.48. The highest BCUT2D eigenvalue weighted by atomic mass is 32.2. The Bertz CT molecular complexity index is 3350. The highest BCUT2D eigenvalue weighted by Gasteiger charge is 2.33. The van der Waals surface area contributed by atoms with E-state index in [1.54, 1.807) is 73.8 Å². The van der Waals surface area contributed by atoms with Crippen molar-refractivity contribution in [2.75, 3.05) is 94.4 Å². The Balaban J connectivity index is 0.000000229. The second-order valence-corrected chi connectivity index (χ2v) is 21.8. The van der Waals surface area contributed by atoms with Crippen LogP contribution < -0.4 is 30.7 Å². The van der Waals surface area contributed by atoms with Crippen molar-refractivity contribution < 1.29 is 63.3 Å². The SMILES string of the molecule is COc1cc(S(C)(=O)=O)ccc1NCC#Cc1cc2c(NC3CCN(C)CC3F)cccc2n1CC(F)(F)F.[B]C(O)(O)Oc1cc(SC)ccc1NCC#Cc1cc2c(NC3CCN(C)CN3F)cccc2n1CC(F)(F)F. The lowest BCUT2D eigenvalue weighted by Gasteiger charge is -2.35. The number of aromatic nitrogens is 2. The summed E-state index contributed by atoms with van der Waals surface area (Å²) in [4.78, 5) is 4.59. The Morgan fingerprint density at radius 3 is 1.80 bits per heavy atom. The van der Waals surface area contributed by atoms with E-state index in [1.807, 2.05) is 23.1 Å². The van der Waals surface area contributed by atoms with Gasteiger partial charge in [0.15, 0.2) is 9.84 Å². The third kappa shape index (κ3) is 16.5. The van der Waals surface area contributed by atoms with Gasteiger partial charge in [0, 0.05) is 59.0 Å². The van der Waals surface area contributed by atoms with Crippen molar-refractivity contribution in [2.45, 2.75) is 72.3 Å². The molecule has 0 amide bonds. The van der Waals surface area contributed by atoms with Gasteiger partial charge in [0.1, 0.15) is 36.9 Å². The third-order valence-corrected chi connectivity index (χ3v) is 14.5. The molecule has 422 valence electrons. The number of sulfone groups is 1. The fraction of sp³-hybridized carbons (Fsp3) is 0.396. The van der Waals surface area contributed by atoms with Crippen molar-refractivity contribution in [3.05, 3.63) is 96.3 Å². The Labute approximate surface area is 457 Å². The zero-order valence-electron chi connectivity index (χ0n) is 43.6. The summed E-state index contributed by atoms with van der Waals surface area (Å²) in [5, 5.41) is 32.9. The summed E-state index contributed by atoms with van der Waals surface area (Å²) < 4.78 is 146. The topological polar surface area (TPSA) is 161 Å². The van der Waals surface area contributed by atoms with E-state index in [0.29, 0.717) is 81.4 Å². The Kier molecular flexibility index (Phi) is 19.3. The number of rotatable bonds is 15. The molecule has 8 rings (SSSR count). The molecule has 2 saturated heterocycles. The molecule has 2 aromatic heterocycles. The minimum Gasteiger partial charge on any atom is -0.495 e. The van der Waals surface area contributed by atoms with Gasteiger partial charge in [0.25, 0.3) is 5.87 Å². The van der Waals surface area contributed by atoms with Crippen LogP contribution in [0, 0.1) is 23.7 Å². The van der Waals surface area contributed by atoms with Gasteiger partial charge in [0.2, 0.25) is 7.85 Å². The van der Waals surface area contributed by atoms with Gasteiger partial charge in [-0.05, 0) is 112 Å². The smallest absolute Gasteiger partial charge is 0.406 e. The molecule has 4 heterocycles. The van der Waals surface area contributed by atoms with E-state index in [-0.39, 0.29) is 48.3 Å². The lowest BCUT2D eigenvalue weighted by molar-refractivity contribution is -0.223. The molecule has 15 nitrogen and oxygen atoms in total. The van der Waals surface area contributed by atoms with Gasteiger partial charge in [-0.2, -0.15) is 26.3 Å². The van der Waals surface area contributed by atoms with E-state index in [4.69, 9.17) is 17.3 Å². The maximum Gasteiger partial charge on any atom is 0.406 e. The standard InChI is InChI=1S/C27H30F4N4O3S.C26H28BF4N5O3S/c1-34-13-11-23(21(28)16-34)33-22-7-4-8-25-20(22)14-18(35(25)17-27(29,30)31)6-5-12-32-24-10-9-19(39(3,36)37)15-26(24)38-2;1-34-12-10-24(36(31)16-34)33-20-6-3-7-22-19(20)13-17(35(22)15-25(28,29)30)5-4-11-32-21-9-8-18(40-2)14-23(21)39-26(27,37)38/h4,7-10,14-15,21,23,32-33H,11-13,16-17H2,1-3H3;3,6-9,13-14,24,32-33,37-38H,10-12,15-16H2,1-2H3. The summed E-state index contributed by atoms with van der Waals surface area (Å²) in [7, 11) is 6.78. The fourth-order valence-corrected chi connectivity index (χ4v) is 10.0. The number of thioether (sulfide) groups is 1. The zero-order valence-corrected chi connectivity index (χ0v) is 45.2. The van der Waals surface area contributed by atoms with Crippen molar-refractivity contribution in [1.82, 2.24) is 24.1 Å². The molecule has 6 N–H and O–H groups in total. The zero-order chi connectivity index (χ0) is 57.5. The summed E-state index contributed by atoms with van der Waals surface area (Å²) in [6.07, 6.45) is -6.72. The van der Waals surface area contributed by atoms with Crippen LogP contribution in [0.3, 0.4) is 0 Å². The predicted octanol–water partition coefficient (Wildman–Crippen LogP) is 8.28. The van der Waals surface area contributed by atoms with Crippen LogP contribution in [0.4, 0.5) is 58.0 Å². The number of piperidine rings is 1. The van der Waals surface area contributed by atoms with Crippen LogP contribution in [0.2, 0.25) is 0 Å². The molecule has 3 unspecified atom stereocenters. The van der Waals surface area contributed by atoms with E-state index in [9.17, 15) is 53.8 Å². The van der Waals surface area contributed by atoms with Gasteiger partial charge in [-0.1, -0.05) is 24.0 Å². The number of likely N-dealkylation sites (tertiary alicyclic amines) is 1. The van der Waals surface area contributed by atoms with Crippen LogP contribution in [0.1, 0.15) is 24.2 Å². The normalized spacial score (nSPS) is 17.7. The molecule has 0 aliphatic carbocycles. The number of fused-ring (bicyclic) bond motifs is 2. The number of methoxy groups -OCH3 is 1. The van der Waals surface area contributed by atoms with Crippen LogP contribution in [0.25, 0.3) is 21.8 Å². The average Bonchev–Trinajstić information content (AvgIpc) is 4.10. The Hall–Kier alpha value is -6.52. The number of ether oxygens (including phenoxy) is 2. The van der Waals surface area contributed by atoms with Crippen LogP contribution in [-0.4, -0.2) is 160 Å². The average molecular weight is 1140 g/mol. The van der Waals surface area contributed by atoms with Crippen molar-refractivity contribution >= 4 is 74.0 Å². The number of hydrogen-bond donors (Lipinski definition) is 6. The van der Waals surface area contributed by atoms with E-state index in [1.165, 1.54) is 37.1 Å². The van der Waals surface area contributed by atoms with Crippen LogP contribution in [0.5, 0.6) is 11.5 Å². The van der Waals surface area contributed by atoms with Crippen molar-refractivity contribution in [3.8, 4) is 35.2 Å². The number of hydrogen-bond acceptors (Lipinski definition) is 14. The molecule has 2 aliphatic heterocycles. The summed E-state index contributed by atoms with van der Waals surface area (Å²) in [6, 6.07) is 21.8. The first-order valence-corrected chi connectivity index (χ1v) is 27.6. The number of benzene rings is 4. The molecule has 4 aromatic carbocycles. The molecular formula is C53H58BF8N9O6S2. The molecule has 2 radical (unpaired) electrons. The number of aliphatic hydroxyl groups is 2. The number of alkyl halides is 7. The minimum atomic E-state index is -4.50. The highest BCUT2D eigenvalue weighted by molar-refractivity contribution is 7.98. The number of nitrogens with zero attached hydrogens (tertiary/aromatic N) is 5. The molecule has 2 fully saturated rings. The molecule has 6 aromatic rings. The van der Waals surface area contributed by atoms with Crippen molar-refractivity contribution in [2.24, 2.45) is 0 Å². The van der Waals surface area contributed by atoms with Crippen molar-refractivity contribution in [1.29, 1.82) is 0 Å². The minimum absolute atomic E-state index is 0.00550. The van der Waals surface area contributed by atoms with Gasteiger partial charge >= 0.3 is 12.4 Å². The number of nitrogens with one attached hydrogen (secondary N) is 4. The van der Waals surface area contributed by atoms with E-state index >= 15 is 0 Å². The molecular weight excluding hydrogens is 1090 g/mol. The molecule has 0 bridgehead atoms. The molecule has 3 atom stereocenters. The quantitative estimate of drug-likeness (QED) is 0.0146. The maximum atomic E-state index is 14.6. The Morgan fingerprint density at radius 2 is 1.29 bits per heavy atom. The molecule has 0 spiro atoms. The van der Waals surface area contributed by atoms with E-state index in [0.717, 1.165) is 20.3 Å². The van der Waals surface area contributed by atoms with Crippen LogP contribution in [0.15, 0.2) is 94.7 Å². The number of anilines is 4. The van der Waals surface area contributed by atoms with Gasteiger partial charge < -0.3 is 55.0 Å². The van der Waals surface area contributed by atoms with Crippen LogP contribution in [-0.2, 0) is 22.9 Å². The predicted molar refractivity (Wildman–Crippen MR) is 291 cm³/mol. The molecule has 2 aliphatic rings. The maximum absolute atomic E-state index is 14.6. The largest absolute Gasteiger partial charge is 0.495 e. The van der Waals surface area contributed by atoms with Crippen molar-refractivity contribution in [3.63, 3.8) is 0 Å². The summed E-state index contributed by atoms with van der Waals surface area (Å²) in [5.74, 6) is 8.70. The van der Waals surface area contributed by atoms with Gasteiger partial charge in [-0.15, -0.1) is 21.4 Å². The lowest BCUT2D eigenvalue weighted by atomic mass is 10.0. The fourth-order valence-electron chi connectivity index (χ4n) is 8.97. The molecule has 0 saturated carbocycles. The summed E-state index contributed by atoms with van der Waals surface area (Å²) in [5.41, 5.74) is 2.85. The van der Waals surface area contributed by atoms with Gasteiger partial charge in [0.05, 0.1) is 71.6 Å². The monoisotopic (exact) mass is 1140 g/mol. The number of halogens is 8.